The van der Waals surface area contributed by atoms with E-state index in [1.807, 2.05) is 10.9 Å². The molecular weight excluding hydrogens is 296 g/mol. The van der Waals surface area contributed by atoms with Gasteiger partial charge in [0, 0.05) is 20.9 Å². The number of hydrogen-bond donors (Lipinski definition) is 0. The number of aromatic nitrogens is 2. The molecule has 17 heavy (non-hydrogen) atoms. The average molecular weight is 319 g/mol. The van der Waals surface area contributed by atoms with Crippen molar-refractivity contribution in [1.29, 1.82) is 0 Å². The molecular formula is C12H23BrN2OSi. The second-order valence-corrected chi connectivity index (χ2v) is 12.4. The lowest BCUT2D eigenvalue weighted by molar-refractivity contribution is 0.0782. The Balaban J connectivity index is 2.40. The van der Waals surface area contributed by atoms with Crippen molar-refractivity contribution in [3.63, 3.8) is 0 Å². The molecule has 0 atom stereocenters. The Morgan fingerprint density at radius 3 is 2.53 bits per heavy atom. The fourth-order valence-electron chi connectivity index (χ4n) is 1.41. The molecule has 1 heterocycles. The van der Waals surface area contributed by atoms with Crippen LogP contribution in [0.5, 0.6) is 0 Å². The van der Waals surface area contributed by atoms with Crippen molar-refractivity contribution in [3.05, 3.63) is 16.4 Å². The summed E-state index contributed by atoms with van der Waals surface area (Å²) in [6.07, 6.45) is 1.99. The van der Waals surface area contributed by atoms with Gasteiger partial charge in [0.15, 0.2) is 0 Å². The van der Waals surface area contributed by atoms with Gasteiger partial charge < -0.3 is 4.74 Å². The van der Waals surface area contributed by atoms with Gasteiger partial charge in [-0.3, -0.25) is 0 Å². The minimum absolute atomic E-state index is 0.438. The number of nitrogens with zero attached hydrogens (tertiary/aromatic N) is 2. The van der Waals surface area contributed by atoms with Gasteiger partial charge in [-0.1, -0.05) is 33.5 Å². The first-order valence-electron chi connectivity index (χ1n) is 6.10. The van der Waals surface area contributed by atoms with Crippen LogP contribution in [0.1, 0.15) is 25.5 Å². The van der Waals surface area contributed by atoms with Gasteiger partial charge in [0.2, 0.25) is 0 Å². The van der Waals surface area contributed by atoms with Gasteiger partial charge in [0.05, 0.1) is 10.2 Å². The Morgan fingerprint density at radius 1 is 1.41 bits per heavy atom. The molecule has 1 aromatic rings. The Bertz CT molecular complexity index is 358. The summed E-state index contributed by atoms with van der Waals surface area (Å²) in [5.41, 5.74) is 1.10. The Labute approximate surface area is 114 Å². The molecule has 3 nitrogen and oxygen atoms in total. The minimum Gasteiger partial charge on any atom is -0.360 e. The van der Waals surface area contributed by atoms with E-state index in [2.05, 4.69) is 54.5 Å². The van der Waals surface area contributed by atoms with Crippen LogP contribution in [0.25, 0.3) is 0 Å². The molecule has 0 bridgehead atoms. The molecule has 0 spiro atoms. The highest BCUT2D eigenvalue weighted by Crippen LogP contribution is 2.22. The topological polar surface area (TPSA) is 27.1 Å². The molecule has 0 unspecified atom stereocenters. The highest BCUT2D eigenvalue weighted by atomic mass is 79.9. The van der Waals surface area contributed by atoms with E-state index in [1.165, 1.54) is 6.04 Å². The molecule has 5 heteroatoms. The third-order valence-corrected chi connectivity index (χ3v) is 4.83. The van der Waals surface area contributed by atoms with Gasteiger partial charge in [-0.2, -0.15) is 5.10 Å². The van der Waals surface area contributed by atoms with E-state index >= 15 is 0 Å². The Morgan fingerprint density at radius 2 is 2.06 bits per heavy atom. The van der Waals surface area contributed by atoms with Crippen LogP contribution in [0.15, 0.2) is 10.7 Å². The quantitative estimate of drug-likeness (QED) is 0.583. The maximum Gasteiger partial charge on any atom is 0.139 e. The van der Waals surface area contributed by atoms with E-state index < -0.39 is 8.07 Å². The molecule has 0 aliphatic carbocycles. The van der Waals surface area contributed by atoms with E-state index in [4.69, 9.17) is 4.74 Å². The second-order valence-electron chi connectivity index (χ2n) is 5.90. The number of halogens is 1. The lowest BCUT2D eigenvalue weighted by atomic mass is 10.1. The van der Waals surface area contributed by atoms with Gasteiger partial charge in [-0.05, 0) is 27.9 Å². The number of ether oxygens (including phenoxy) is 1. The summed E-state index contributed by atoms with van der Waals surface area (Å²) < 4.78 is 8.59. The largest absolute Gasteiger partial charge is 0.360 e. The van der Waals surface area contributed by atoms with Crippen molar-refractivity contribution in [2.75, 3.05) is 6.61 Å². The van der Waals surface area contributed by atoms with Crippen molar-refractivity contribution in [3.8, 4) is 0 Å². The molecule has 0 saturated heterocycles. The van der Waals surface area contributed by atoms with Crippen molar-refractivity contribution < 1.29 is 4.74 Å². The third kappa shape index (κ3) is 5.36. The van der Waals surface area contributed by atoms with E-state index in [9.17, 15) is 0 Å². The zero-order valence-corrected chi connectivity index (χ0v) is 14.0. The van der Waals surface area contributed by atoms with Crippen LogP contribution in [0.3, 0.4) is 0 Å². The van der Waals surface area contributed by atoms with Crippen LogP contribution < -0.4 is 0 Å². The number of hydrogen-bond acceptors (Lipinski definition) is 2. The zero-order valence-electron chi connectivity index (χ0n) is 11.5. The van der Waals surface area contributed by atoms with E-state index in [1.54, 1.807) is 0 Å². The maximum absolute atomic E-state index is 5.66. The van der Waals surface area contributed by atoms with Gasteiger partial charge >= 0.3 is 0 Å². The number of rotatable bonds is 6. The summed E-state index contributed by atoms with van der Waals surface area (Å²) in [4.78, 5) is 0. The molecule has 0 aromatic carbocycles. The summed E-state index contributed by atoms with van der Waals surface area (Å²) in [7, 11) is -0.983. The van der Waals surface area contributed by atoms with Gasteiger partial charge in [-0.25, -0.2) is 4.68 Å². The molecule has 1 rings (SSSR count). The van der Waals surface area contributed by atoms with Crippen LogP contribution in [-0.4, -0.2) is 24.5 Å². The predicted octanol–water partition coefficient (Wildman–Crippen LogP) is 4.08. The summed E-state index contributed by atoms with van der Waals surface area (Å²) in [5.74, 6) is 0.438. The van der Waals surface area contributed by atoms with E-state index in [0.29, 0.717) is 12.6 Å². The fraction of sp³-hybridized carbons (Fsp3) is 0.750. The summed E-state index contributed by atoms with van der Waals surface area (Å²) >= 11 is 3.53. The standard InChI is InChI=1S/C12H23BrN2OSi/c1-10(2)12-11(13)8-15(14-12)9-16-6-7-17(3,4)5/h8,10H,6-7,9H2,1-5H3. The first-order valence-corrected chi connectivity index (χ1v) is 10.6. The normalized spacial score (nSPS) is 12.4. The van der Waals surface area contributed by atoms with Gasteiger partial charge in [0.1, 0.15) is 6.73 Å². The monoisotopic (exact) mass is 318 g/mol. The fourth-order valence-corrected chi connectivity index (χ4v) is 2.94. The maximum atomic E-state index is 5.66. The second kappa shape index (κ2) is 6.16. The summed E-state index contributed by atoms with van der Waals surface area (Å²) in [6, 6.07) is 1.20. The molecule has 0 amide bonds. The van der Waals surface area contributed by atoms with Gasteiger partial charge in [0.25, 0.3) is 0 Å². The predicted molar refractivity (Wildman–Crippen MR) is 78.1 cm³/mol. The molecule has 0 saturated carbocycles. The summed E-state index contributed by atoms with van der Waals surface area (Å²) in [5, 5.41) is 4.50. The average Bonchev–Trinajstić information content (AvgIpc) is 2.53. The van der Waals surface area contributed by atoms with Gasteiger partial charge in [-0.15, -0.1) is 0 Å². The molecule has 0 radical (unpaired) electrons. The van der Waals surface area contributed by atoms with Crippen molar-refractivity contribution in [2.45, 2.75) is 52.2 Å². The van der Waals surface area contributed by atoms with Crippen LogP contribution in [0.4, 0.5) is 0 Å². The Hall–Kier alpha value is -0.133. The first-order chi connectivity index (χ1) is 7.79. The highest BCUT2D eigenvalue weighted by Gasteiger charge is 2.13. The summed E-state index contributed by atoms with van der Waals surface area (Å²) in [6.45, 7) is 12.8. The van der Waals surface area contributed by atoms with Crippen LogP contribution in [0, 0.1) is 0 Å². The minimum atomic E-state index is -0.983. The highest BCUT2D eigenvalue weighted by molar-refractivity contribution is 9.10. The SMILES string of the molecule is CC(C)c1nn(COCC[Si](C)(C)C)cc1Br. The molecule has 0 fully saturated rings. The zero-order chi connectivity index (χ0) is 13.1. The van der Waals surface area contributed by atoms with Crippen LogP contribution in [-0.2, 0) is 11.5 Å². The lowest BCUT2D eigenvalue weighted by Gasteiger charge is -2.15. The molecule has 1 aromatic heterocycles. The van der Waals surface area contributed by atoms with E-state index in [0.717, 1.165) is 16.8 Å². The Kier molecular flexibility index (Phi) is 5.41. The van der Waals surface area contributed by atoms with Crippen molar-refractivity contribution in [2.24, 2.45) is 0 Å². The molecule has 0 aliphatic heterocycles. The molecule has 0 N–H and O–H groups in total. The smallest absolute Gasteiger partial charge is 0.139 e. The molecule has 98 valence electrons. The first kappa shape index (κ1) is 14.9. The van der Waals surface area contributed by atoms with Crippen LogP contribution in [0.2, 0.25) is 25.7 Å². The van der Waals surface area contributed by atoms with Crippen molar-refractivity contribution in [1.82, 2.24) is 9.78 Å². The third-order valence-electron chi connectivity index (χ3n) is 2.51. The van der Waals surface area contributed by atoms with E-state index in [-0.39, 0.29) is 0 Å². The molecule has 0 aliphatic rings. The van der Waals surface area contributed by atoms with Crippen LogP contribution >= 0.6 is 15.9 Å². The van der Waals surface area contributed by atoms with Crippen molar-refractivity contribution >= 4 is 24.0 Å². The lowest BCUT2D eigenvalue weighted by Crippen LogP contribution is -2.22.